The molecule has 2 saturated heterocycles. The number of hydrogen-bond acceptors (Lipinski definition) is 3. The number of carbonyl (C=O) groups is 2. The van der Waals surface area contributed by atoms with Crippen molar-refractivity contribution >= 4 is 11.8 Å². The first-order valence-corrected chi connectivity index (χ1v) is 5.70. The summed E-state index contributed by atoms with van der Waals surface area (Å²) in [6, 6.07) is 0.315. The Labute approximate surface area is 90.0 Å². The van der Waals surface area contributed by atoms with Gasteiger partial charge in [-0.1, -0.05) is 13.8 Å². The van der Waals surface area contributed by atoms with Gasteiger partial charge in [0.2, 0.25) is 11.8 Å². The number of amides is 2. The van der Waals surface area contributed by atoms with Crippen LogP contribution < -0.4 is 5.32 Å². The van der Waals surface area contributed by atoms with Crippen molar-refractivity contribution in [3.8, 4) is 0 Å². The first kappa shape index (κ1) is 10.6. The zero-order valence-electron chi connectivity index (χ0n) is 9.32. The minimum Gasteiger partial charge on any atom is -0.312 e. The molecule has 0 bridgehead atoms. The van der Waals surface area contributed by atoms with Crippen molar-refractivity contribution in [1.82, 2.24) is 10.2 Å². The van der Waals surface area contributed by atoms with E-state index in [1.54, 1.807) is 0 Å². The molecule has 0 aromatic rings. The molecule has 4 heteroatoms. The summed E-state index contributed by atoms with van der Waals surface area (Å²) in [6.07, 6.45) is 2.21. The van der Waals surface area contributed by atoms with Crippen molar-refractivity contribution in [2.45, 2.75) is 32.7 Å². The van der Waals surface area contributed by atoms with Gasteiger partial charge in [0.25, 0.3) is 0 Å². The molecule has 0 spiro atoms. The van der Waals surface area contributed by atoms with E-state index in [0.29, 0.717) is 12.6 Å². The summed E-state index contributed by atoms with van der Waals surface area (Å²) in [5.41, 5.74) is 0. The predicted octanol–water partition coefficient (Wildman–Crippen LogP) is 0.379. The number of nitrogens with zero attached hydrogens (tertiary/aromatic N) is 1. The molecule has 0 aromatic carbocycles. The van der Waals surface area contributed by atoms with Gasteiger partial charge >= 0.3 is 0 Å². The molecule has 15 heavy (non-hydrogen) atoms. The summed E-state index contributed by atoms with van der Waals surface area (Å²) in [5.74, 6) is -0.278. The van der Waals surface area contributed by atoms with Gasteiger partial charge in [0, 0.05) is 24.4 Å². The maximum Gasteiger partial charge on any atom is 0.232 e. The molecular weight excluding hydrogens is 192 g/mol. The Bertz CT molecular complexity index is 264. The van der Waals surface area contributed by atoms with Crippen molar-refractivity contribution < 1.29 is 9.59 Å². The molecule has 2 amide bonds. The van der Waals surface area contributed by atoms with Crippen molar-refractivity contribution in [1.29, 1.82) is 0 Å². The van der Waals surface area contributed by atoms with E-state index in [1.807, 2.05) is 13.8 Å². The lowest BCUT2D eigenvalue weighted by Crippen LogP contribution is -2.41. The molecule has 2 unspecified atom stereocenters. The summed E-state index contributed by atoms with van der Waals surface area (Å²) in [7, 11) is 0. The minimum absolute atomic E-state index is 0.00111. The lowest BCUT2D eigenvalue weighted by Gasteiger charge is -2.19. The first-order chi connectivity index (χ1) is 7.11. The van der Waals surface area contributed by atoms with Crippen LogP contribution in [-0.4, -0.2) is 35.8 Å². The van der Waals surface area contributed by atoms with Crippen LogP contribution >= 0.6 is 0 Å². The fourth-order valence-electron chi connectivity index (χ4n) is 2.34. The van der Waals surface area contributed by atoms with Gasteiger partial charge in [-0.05, 0) is 19.4 Å². The first-order valence-electron chi connectivity index (χ1n) is 5.70. The van der Waals surface area contributed by atoms with E-state index in [1.165, 1.54) is 4.90 Å². The topological polar surface area (TPSA) is 49.4 Å². The third-order valence-electron chi connectivity index (χ3n) is 3.63. The second-order valence-electron chi connectivity index (χ2n) is 4.66. The molecule has 84 valence electrons. The average Bonchev–Trinajstić information content (AvgIpc) is 2.79. The molecule has 3 atom stereocenters. The van der Waals surface area contributed by atoms with Crippen LogP contribution in [0.15, 0.2) is 0 Å². The second-order valence-corrected chi connectivity index (χ2v) is 4.66. The summed E-state index contributed by atoms with van der Waals surface area (Å²) >= 11 is 0. The number of imide groups is 1. The summed E-state index contributed by atoms with van der Waals surface area (Å²) < 4.78 is 0. The summed E-state index contributed by atoms with van der Waals surface area (Å²) in [5, 5.41) is 3.31. The van der Waals surface area contributed by atoms with Gasteiger partial charge in [-0.3, -0.25) is 14.5 Å². The molecule has 2 aliphatic rings. The van der Waals surface area contributed by atoms with E-state index in [9.17, 15) is 9.59 Å². The second kappa shape index (κ2) is 3.93. The largest absolute Gasteiger partial charge is 0.312 e. The highest BCUT2D eigenvalue weighted by Crippen LogP contribution is 2.26. The van der Waals surface area contributed by atoms with Gasteiger partial charge in [0.15, 0.2) is 0 Å². The fraction of sp³-hybridized carbons (Fsp3) is 0.818. The van der Waals surface area contributed by atoms with Crippen molar-refractivity contribution in [2.75, 3.05) is 13.1 Å². The van der Waals surface area contributed by atoms with Crippen LogP contribution in [0.2, 0.25) is 0 Å². The van der Waals surface area contributed by atoms with E-state index >= 15 is 0 Å². The molecule has 0 aliphatic carbocycles. The molecule has 0 aromatic heterocycles. The molecule has 4 nitrogen and oxygen atoms in total. The van der Waals surface area contributed by atoms with Crippen molar-refractivity contribution in [2.24, 2.45) is 11.8 Å². The van der Waals surface area contributed by atoms with E-state index in [0.717, 1.165) is 19.4 Å². The smallest absolute Gasteiger partial charge is 0.232 e. The van der Waals surface area contributed by atoms with Gasteiger partial charge in [-0.15, -0.1) is 0 Å². The van der Waals surface area contributed by atoms with Gasteiger partial charge in [0.1, 0.15) is 0 Å². The molecule has 2 rings (SSSR count). The van der Waals surface area contributed by atoms with E-state index < -0.39 is 0 Å². The molecule has 0 radical (unpaired) electrons. The van der Waals surface area contributed by atoms with Crippen LogP contribution in [0.25, 0.3) is 0 Å². The van der Waals surface area contributed by atoms with Crippen LogP contribution in [-0.2, 0) is 9.59 Å². The fourth-order valence-corrected chi connectivity index (χ4v) is 2.34. The minimum atomic E-state index is -0.140. The van der Waals surface area contributed by atoms with E-state index in [2.05, 4.69) is 5.32 Å². The lowest BCUT2D eigenvalue weighted by atomic mass is 10.00. The van der Waals surface area contributed by atoms with Crippen LogP contribution in [0.5, 0.6) is 0 Å². The van der Waals surface area contributed by atoms with Gasteiger partial charge in [-0.2, -0.15) is 0 Å². The number of likely N-dealkylation sites (tertiary alicyclic amines) is 1. The summed E-state index contributed by atoms with van der Waals surface area (Å²) in [6.45, 7) is 5.25. The molecule has 2 fully saturated rings. The number of hydrogen-bond donors (Lipinski definition) is 1. The Morgan fingerprint density at radius 2 is 1.87 bits per heavy atom. The number of carbonyl (C=O) groups excluding carboxylic acids is 2. The predicted molar refractivity (Wildman–Crippen MR) is 56.1 cm³/mol. The summed E-state index contributed by atoms with van der Waals surface area (Å²) in [4.78, 5) is 25.0. The molecular formula is C11H18N2O2. The Balaban J connectivity index is 2.02. The number of rotatable bonds is 2. The highest BCUT2D eigenvalue weighted by molar-refractivity contribution is 6.04. The number of nitrogens with one attached hydrogen (secondary N) is 1. The quantitative estimate of drug-likeness (QED) is 0.670. The zero-order valence-corrected chi connectivity index (χ0v) is 9.32. The normalized spacial score (nSPS) is 36.7. The molecule has 2 heterocycles. The maximum absolute atomic E-state index is 11.8. The lowest BCUT2D eigenvalue weighted by molar-refractivity contribution is -0.140. The Morgan fingerprint density at radius 1 is 1.27 bits per heavy atom. The monoisotopic (exact) mass is 210 g/mol. The van der Waals surface area contributed by atoms with Crippen LogP contribution in [0, 0.1) is 11.8 Å². The average molecular weight is 210 g/mol. The Hall–Kier alpha value is -0.900. The van der Waals surface area contributed by atoms with Crippen molar-refractivity contribution in [3.05, 3.63) is 0 Å². The van der Waals surface area contributed by atoms with Crippen molar-refractivity contribution in [3.63, 3.8) is 0 Å². The van der Waals surface area contributed by atoms with Gasteiger partial charge in [-0.25, -0.2) is 0 Å². The standard InChI is InChI=1S/C11H18N2O2/c1-7-8(2)11(15)13(10(7)14)6-9-4-3-5-12-9/h7-9,12H,3-6H2,1-2H3/t7?,8?,9-/m0/s1. The molecule has 0 saturated carbocycles. The van der Waals surface area contributed by atoms with Crippen LogP contribution in [0.3, 0.4) is 0 Å². The maximum atomic E-state index is 11.8. The molecule has 2 aliphatic heterocycles. The Kier molecular flexibility index (Phi) is 2.78. The van der Waals surface area contributed by atoms with Gasteiger partial charge in [0.05, 0.1) is 0 Å². The third kappa shape index (κ3) is 1.78. The van der Waals surface area contributed by atoms with Crippen LogP contribution in [0.1, 0.15) is 26.7 Å². The molecule has 1 N–H and O–H groups in total. The Morgan fingerprint density at radius 3 is 2.33 bits per heavy atom. The van der Waals surface area contributed by atoms with Gasteiger partial charge < -0.3 is 5.32 Å². The third-order valence-corrected chi connectivity index (χ3v) is 3.63. The van der Waals surface area contributed by atoms with Crippen LogP contribution in [0.4, 0.5) is 0 Å². The van der Waals surface area contributed by atoms with E-state index in [-0.39, 0.29) is 23.7 Å². The van der Waals surface area contributed by atoms with E-state index in [4.69, 9.17) is 0 Å². The highest BCUT2D eigenvalue weighted by atomic mass is 16.2. The SMILES string of the molecule is CC1C(=O)N(C[C@@H]2CCCN2)C(=O)C1C. The zero-order chi connectivity index (χ0) is 11.0. The highest BCUT2D eigenvalue weighted by Gasteiger charge is 2.42.